The highest BCUT2D eigenvalue weighted by atomic mass is 79.9. The number of nitrogens with zero attached hydrogens (tertiary/aromatic N) is 1. The van der Waals surface area contributed by atoms with Gasteiger partial charge < -0.3 is 4.57 Å². The molecular weight excluding hydrogens is 310 g/mol. The van der Waals surface area contributed by atoms with Gasteiger partial charge in [0.25, 0.3) is 0 Å². The van der Waals surface area contributed by atoms with E-state index in [-0.39, 0.29) is 0 Å². The molecule has 1 aromatic heterocycles. The predicted molar refractivity (Wildman–Crippen MR) is 88.3 cm³/mol. The highest BCUT2D eigenvalue weighted by molar-refractivity contribution is 9.10. The molecule has 2 heteroatoms. The fourth-order valence-corrected chi connectivity index (χ4v) is 3.83. The molecule has 0 N–H and O–H groups in total. The topological polar surface area (TPSA) is 4.93 Å². The zero-order valence-corrected chi connectivity index (χ0v) is 13.3. The van der Waals surface area contributed by atoms with E-state index in [0.717, 1.165) is 17.4 Å². The molecule has 0 saturated carbocycles. The van der Waals surface area contributed by atoms with E-state index < -0.39 is 0 Å². The molecule has 0 atom stereocenters. The summed E-state index contributed by atoms with van der Waals surface area (Å²) in [4.78, 5) is 0. The second-order valence-electron chi connectivity index (χ2n) is 5.70. The number of rotatable bonds is 0. The van der Waals surface area contributed by atoms with Crippen molar-refractivity contribution in [2.45, 2.75) is 26.8 Å². The van der Waals surface area contributed by atoms with Crippen molar-refractivity contribution in [3.05, 3.63) is 57.6 Å². The maximum absolute atomic E-state index is 3.59. The first-order chi connectivity index (χ1) is 9.65. The lowest BCUT2D eigenvalue weighted by Gasteiger charge is -2.21. The number of halogens is 1. The highest BCUT2D eigenvalue weighted by Gasteiger charge is 2.21. The Hall–Kier alpha value is -1.54. The Balaban J connectivity index is 2.10. The van der Waals surface area contributed by atoms with E-state index in [1.807, 2.05) is 0 Å². The van der Waals surface area contributed by atoms with Crippen molar-refractivity contribution in [1.29, 1.82) is 0 Å². The zero-order valence-electron chi connectivity index (χ0n) is 11.7. The zero-order chi connectivity index (χ0) is 13.9. The fourth-order valence-electron chi connectivity index (χ4n) is 3.47. The van der Waals surface area contributed by atoms with E-state index in [1.165, 1.54) is 38.9 Å². The molecule has 3 aromatic rings. The minimum atomic E-state index is 1.08. The van der Waals surface area contributed by atoms with Gasteiger partial charge in [0.2, 0.25) is 0 Å². The molecule has 2 heterocycles. The third kappa shape index (κ3) is 1.61. The van der Waals surface area contributed by atoms with Gasteiger partial charge in [-0.2, -0.15) is 0 Å². The lowest BCUT2D eigenvalue weighted by atomic mass is 9.95. The SMILES string of the molecule is Cc1ccc2c(c1)CCn1c-2c(C)c2cc(Br)ccc21. The second-order valence-corrected chi connectivity index (χ2v) is 6.61. The average Bonchev–Trinajstić information content (AvgIpc) is 2.72. The first-order valence-corrected chi connectivity index (χ1v) is 7.83. The van der Waals surface area contributed by atoms with Crippen molar-refractivity contribution in [1.82, 2.24) is 4.57 Å². The molecule has 2 aromatic carbocycles. The number of benzene rings is 2. The van der Waals surface area contributed by atoms with Gasteiger partial charge in [-0.3, -0.25) is 0 Å². The first kappa shape index (κ1) is 12.2. The second kappa shape index (κ2) is 4.23. The van der Waals surface area contributed by atoms with Crippen LogP contribution >= 0.6 is 15.9 Å². The molecule has 0 fully saturated rings. The van der Waals surface area contributed by atoms with E-state index in [9.17, 15) is 0 Å². The van der Waals surface area contributed by atoms with Gasteiger partial charge in [0.1, 0.15) is 0 Å². The predicted octanol–water partition coefficient (Wildman–Crippen LogP) is 5.24. The Labute approximate surface area is 127 Å². The standard InChI is InChI=1S/C18H16BrN/c1-11-3-5-15-13(9-11)7-8-20-17-6-4-14(19)10-16(17)12(2)18(15)20/h3-6,9-10H,7-8H2,1-2H3. The van der Waals surface area contributed by atoms with Crippen LogP contribution in [0.1, 0.15) is 16.7 Å². The average molecular weight is 326 g/mol. The van der Waals surface area contributed by atoms with Gasteiger partial charge in [-0.05, 0) is 49.6 Å². The van der Waals surface area contributed by atoms with Gasteiger partial charge in [0.15, 0.2) is 0 Å². The van der Waals surface area contributed by atoms with Crippen molar-refractivity contribution in [3.63, 3.8) is 0 Å². The molecular formula is C18H16BrN. The van der Waals surface area contributed by atoms with E-state index >= 15 is 0 Å². The van der Waals surface area contributed by atoms with Crippen LogP contribution in [0, 0.1) is 13.8 Å². The Kier molecular flexibility index (Phi) is 2.58. The molecule has 20 heavy (non-hydrogen) atoms. The minimum Gasteiger partial charge on any atom is -0.340 e. The maximum Gasteiger partial charge on any atom is 0.0523 e. The molecule has 4 rings (SSSR count). The van der Waals surface area contributed by atoms with Crippen LogP contribution in [-0.2, 0) is 13.0 Å². The smallest absolute Gasteiger partial charge is 0.0523 e. The van der Waals surface area contributed by atoms with Crippen molar-refractivity contribution >= 4 is 26.8 Å². The summed E-state index contributed by atoms with van der Waals surface area (Å²) >= 11 is 3.59. The summed E-state index contributed by atoms with van der Waals surface area (Å²) in [6, 6.07) is 13.5. The fraction of sp³-hybridized carbons (Fsp3) is 0.222. The highest BCUT2D eigenvalue weighted by Crippen LogP contribution is 2.39. The van der Waals surface area contributed by atoms with Crippen LogP contribution in [0.15, 0.2) is 40.9 Å². The van der Waals surface area contributed by atoms with Crippen LogP contribution < -0.4 is 0 Å². The van der Waals surface area contributed by atoms with Crippen molar-refractivity contribution in [2.75, 3.05) is 0 Å². The minimum absolute atomic E-state index is 1.08. The Bertz CT molecular complexity index is 842. The number of fused-ring (bicyclic) bond motifs is 5. The van der Waals surface area contributed by atoms with Gasteiger partial charge in [-0.25, -0.2) is 0 Å². The molecule has 100 valence electrons. The van der Waals surface area contributed by atoms with Gasteiger partial charge in [0.05, 0.1) is 5.69 Å². The summed E-state index contributed by atoms with van der Waals surface area (Å²) in [6.07, 6.45) is 1.13. The molecule has 1 nitrogen and oxygen atoms in total. The molecule has 0 radical (unpaired) electrons. The van der Waals surface area contributed by atoms with Crippen molar-refractivity contribution in [2.24, 2.45) is 0 Å². The maximum atomic E-state index is 3.59. The Morgan fingerprint density at radius 2 is 1.90 bits per heavy atom. The van der Waals surface area contributed by atoms with Crippen LogP contribution in [0.25, 0.3) is 22.2 Å². The van der Waals surface area contributed by atoms with E-state index in [0.29, 0.717) is 0 Å². The summed E-state index contributed by atoms with van der Waals surface area (Å²) in [5, 5.41) is 1.36. The van der Waals surface area contributed by atoms with Gasteiger partial charge in [0, 0.05) is 27.5 Å². The molecule has 0 bridgehead atoms. The summed E-state index contributed by atoms with van der Waals surface area (Å²) in [7, 11) is 0. The van der Waals surface area contributed by atoms with Crippen molar-refractivity contribution < 1.29 is 0 Å². The first-order valence-electron chi connectivity index (χ1n) is 7.03. The lowest BCUT2D eigenvalue weighted by molar-refractivity contribution is 0.708. The Morgan fingerprint density at radius 3 is 2.75 bits per heavy atom. The normalized spacial score (nSPS) is 13.3. The van der Waals surface area contributed by atoms with Crippen LogP contribution in [0.2, 0.25) is 0 Å². The largest absolute Gasteiger partial charge is 0.340 e. The molecule has 0 spiro atoms. The third-order valence-electron chi connectivity index (χ3n) is 4.40. The third-order valence-corrected chi connectivity index (χ3v) is 4.89. The van der Waals surface area contributed by atoms with Crippen molar-refractivity contribution in [3.8, 4) is 11.3 Å². The number of aryl methyl sites for hydroxylation is 4. The molecule has 1 aliphatic rings. The molecule has 0 saturated heterocycles. The van der Waals surface area contributed by atoms with Crippen LogP contribution in [0.5, 0.6) is 0 Å². The van der Waals surface area contributed by atoms with Gasteiger partial charge >= 0.3 is 0 Å². The Morgan fingerprint density at radius 1 is 1.05 bits per heavy atom. The number of hydrogen-bond donors (Lipinski definition) is 0. The van der Waals surface area contributed by atoms with E-state index in [1.54, 1.807) is 0 Å². The summed E-state index contributed by atoms with van der Waals surface area (Å²) in [5.74, 6) is 0. The molecule has 0 amide bonds. The summed E-state index contributed by atoms with van der Waals surface area (Å²) < 4.78 is 3.63. The van der Waals surface area contributed by atoms with Crippen LogP contribution in [0.4, 0.5) is 0 Å². The summed E-state index contributed by atoms with van der Waals surface area (Å²) in [6.45, 7) is 5.50. The summed E-state index contributed by atoms with van der Waals surface area (Å²) in [5.41, 5.74) is 8.40. The monoisotopic (exact) mass is 325 g/mol. The number of hydrogen-bond acceptors (Lipinski definition) is 0. The number of aromatic nitrogens is 1. The van der Waals surface area contributed by atoms with Crippen LogP contribution in [-0.4, -0.2) is 4.57 Å². The molecule has 0 unspecified atom stereocenters. The van der Waals surface area contributed by atoms with Crippen LogP contribution in [0.3, 0.4) is 0 Å². The molecule has 1 aliphatic heterocycles. The van der Waals surface area contributed by atoms with E-state index in [4.69, 9.17) is 0 Å². The van der Waals surface area contributed by atoms with Gasteiger partial charge in [-0.15, -0.1) is 0 Å². The lowest BCUT2D eigenvalue weighted by Crippen LogP contribution is -2.11. The molecule has 0 aliphatic carbocycles. The van der Waals surface area contributed by atoms with Gasteiger partial charge in [-0.1, -0.05) is 39.7 Å². The quantitative estimate of drug-likeness (QED) is 0.532. The van der Waals surface area contributed by atoms with E-state index in [2.05, 4.69) is 70.7 Å².